The fraction of sp³-hybridized carbons (Fsp3) is 0.571. The lowest BCUT2D eigenvalue weighted by Crippen LogP contribution is -2.33. The summed E-state index contributed by atoms with van der Waals surface area (Å²) < 4.78 is 28.3. The average molecular weight is 451 g/mol. The number of nitrogens with zero attached hydrogens (tertiary/aromatic N) is 3. The van der Waals surface area contributed by atoms with Gasteiger partial charge in [-0.1, -0.05) is 44.2 Å². The fourth-order valence-corrected chi connectivity index (χ4v) is 4.54. The molecule has 0 aliphatic rings. The maximum absolute atomic E-state index is 12.8. The van der Waals surface area contributed by atoms with Crippen LogP contribution in [0.25, 0.3) is 0 Å². The van der Waals surface area contributed by atoms with Crippen molar-refractivity contribution >= 4 is 15.9 Å². The van der Waals surface area contributed by atoms with Crippen molar-refractivity contribution in [3.8, 4) is 0 Å². The second-order valence-corrected chi connectivity index (χ2v) is 9.31. The van der Waals surface area contributed by atoms with Gasteiger partial charge < -0.3 is 10.2 Å². The Morgan fingerprint density at radius 1 is 1.19 bits per heavy atom. The highest BCUT2D eigenvalue weighted by molar-refractivity contribution is 7.89. The minimum atomic E-state index is -3.50. The zero-order chi connectivity index (χ0) is 22.7. The van der Waals surface area contributed by atoms with E-state index in [2.05, 4.69) is 44.0 Å². The van der Waals surface area contributed by atoms with E-state index in [0.717, 1.165) is 25.2 Å². The van der Waals surface area contributed by atoms with E-state index in [-0.39, 0.29) is 18.2 Å². The number of sulfonamides is 1. The minimum absolute atomic E-state index is 0.0538. The number of benzene rings is 1. The Balaban J connectivity index is 2.06. The van der Waals surface area contributed by atoms with Crippen LogP contribution in [-0.2, 0) is 27.8 Å². The number of H-pyrrole nitrogens is 1. The van der Waals surface area contributed by atoms with E-state index >= 15 is 0 Å². The van der Waals surface area contributed by atoms with Gasteiger partial charge in [-0.2, -0.15) is 5.10 Å². The molecule has 0 bridgehead atoms. The summed E-state index contributed by atoms with van der Waals surface area (Å²) in [6, 6.07) is 9.36. The van der Waals surface area contributed by atoms with Crippen molar-refractivity contribution in [2.75, 3.05) is 25.4 Å². The second-order valence-electron chi connectivity index (χ2n) is 7.44. The lowest BCUT2D eigenvalue weighted by Gasteiger charge is -2.19. The Hall–Kier alpha value is -2.30. The summed E-state index contributed by atoms with van der Waals surface area (Å²) in [5, 5.41) is 9.59. The van der Waals surface area contributed by atoms with Gasteiger partial charge in [0.2, 0.25) is 15.9 Å². The molecule has 0 aliphatic carbocycles. The molecule has 1 atom stereocenters. The SMILES string of the molecule is CCN(CC)CCCS(=O)(=O)N[C@H](CCc1ccccc1)c1nc(CNC(C)=O)n[nH]1. The molecule has 0 saturated heterocycles. The first-order valence-electron chi connectivity index (χ1n) is 10.7. The molecular formula is C21H34N6O3S. The van der Waals surface area contributed by atoms with Crippen molar-refractivity contribution in [1.82, 2.24) is 30.1 Å². The summed E-state index contributed by atoms with van der Waals surface area (Å²) in [6.07, 6.45) is 1.79. The van der Waals surface area contributed by atoms with E-state index in [1.165, 1.54) is 6.92 Å². The van der Waals surface area contributed by atoms with Crippen LogP contribution in [0.5, 0.6) is 0 Å². The molecule has 0 radical (unpaired) electrons. The van der Waals surface area contributed by atoms with Crippen molar-refractivity contribution in [2.45, 2.75) is 52.6 Å². The highest BCUT2D eigenvalue weighted by Crippen LogP contribution is 2.18. The number of carbonyl (C=O) groups excluding carboxylic acids is 1. The van der Waals surface area contributed by atoms with Crippen LogP contribution < -0.4 is 10.0 Å². The Kier molecular flexibility index (Phi) is 10.1. The van der Waals surface area contributed by atoms with Crippen LogP contribution in [0.4, 0.5) is 0 Å². The molecule has 2 rings (SSSR count). The first-order chi connectivity index (χ1) is 14.8. The van der Waals surface area contributed by atoms with Gasteiger partial charge in [-0.25, -0.2) is 18.1 Å². The molecule has 0 aliphatic heterocycles. The van der Waals surface area contributed by atoms with Crippen molar-refractivity contribution < 1.29 is 13.2 Å². The second kappa shape index (κ2) is 12.5. The zero-order valence-corrected chi connectivity index (χ0v) is 19.4. The lowest BCUT2D eigenvalue weighted by atomic mass is 10.1. The first-order valence-corrected chi connectivity index (χ1v) is 12.4. The lowest BCUT2D eigenvalue weighted by molar-refractivity contribution is -0.119. The number of aryl methyl sites for hydroxylation is 1. The first kappa shape index (κ1) is 25.0. The van der Waals surface area contributed by atoms with E-state index < -0.39 is 16.1 Å². The van der Waals surface area contributed by atoms with E-state index in [1.54, 1.807) is 0 Å². The third-order valence-corrected chi connectivity index (χ3v) is 6.51. The van der Waals surface area contributed by atoms with E-state index in [4.69, 9.17) is 0 Å². The maximum Gasteiger partial charge on any atom is 0.217 e. The van der Waals surface area contributed by atoms with Crippen LogP contribution in [0, 0.1) is 0 Å². The van der Waals surface area contributed by atoms with Crippen LogP contribution in [0.2, 0.25) is 0 Å². The largest absolute Gasteiger partial charge is 0.349 e. The Bertz CT molecular complexity index is 897. The number of amides is 1. The van der Waals surface area contributed by atoms with Gasteiger partial charge in [-0.3, -0.25) is 9.89 Å². The van der Waals surface area contributed by atoms with Gasteiger partial charge in [0.1, 0.15) is 5.82 Å². The smallest absolute Gasteiger partial charge is 0.217 e. The third kappa shape index (κ3) is 9.16. The van der Waals surface area contributed by atoms with Gasteiger partial charge in [0.05, 0.1) is 18.3 Å². The number of aromatic nitrogens is 3. The zero-order valence-electron chi connectivity index (χ0n) is 18.6. The average Bonchev–Trinajstić information content (AvgIpc) is 3.22. The molecule has 1 amide bonds. The predicted molar refractivity (Wildman–Crippen MR) is 121 cm³/mol. The Morgan fingerprint density at radius 2 is 1.90 bits per heavy atom. The van der Waals surface area contributed by atoms with E-state index in [9.17, 15) is 13.2 Å². The van der Waals surface area contributed by atoms with Crippen LogP contribution in [-0.4, -0.2) is 59.8 Å². The van der Waals surface area contributed by atoms with Crippen LogP contribution in [0.15, 0.2) is 30.3 Å². The normalized spacial score (nSPS) is 12.8. The molecule has 1 aromatic heterocycles. The molecule has 3 N–H and O–H groups in total. The quantitative estimate of drug-likeness (QED) is 0.403. The topological polar surface area (TPSA) is 120 Å². The molecule has 9 nitrogen and oxygen atoms in total. The molecule has 0 fully saturated rings. The monoisotopic (exact) mass is 450 g/mol. The molecular weight excluding hydrogens is 416 g/mol. The summed E-state index contributed by atoms with van der Waals surface area (Å²) in [6.45, 7) is 8.29. The molecule has 1 aromatic carbocycles. The summed E-state index contributed by atoms with van der Waals surface area (Å²) in [7, 11) is -3.50. The van der Waals surface area contributed by atoms with E-state index in [0.29, 0.717) is 30.9 Å². The Labute approximate surface area is 185 Å². The molecule has 2 aromatic rings. The van der Waals surface area contributed by atoms with Crippen LogP contribution >= 0.6 is 0 Å². The minimum Gasteiger partial charge on any atom is -0.349 e. The van der Waals surface area contributed by atoms with Gasteiger partial charge in [-0.05, 0) is 44.5 Å². The number of hydrogen-bond donors (Lipinski definition) is 3. The number of rotatable bonds is 14. The van der Waals surface area contributed by atoms with Crippen LogP contribution in [0.1, 0.15) is 56.9 Å². The number of hydrogen-bond acceptors (Lipinski definition) is 6. The van der Waals surface area contributed by atoms with Crippen molar-refractivity contribution in [3.63, 3.8) is 0 Å². The molecule has 1 heterocycles. The maximum atomic E-state index is 12.8. The standard InChI is InChI=1S/C21H34N6O3S/c1-4-27(5-2)14-9-15-31(29,30)26-19(13-12-18-10-7-6-8-11-18)21-23-20(24-25-21)16-22-17(3)28/h6-8,10-11,19,26H,4-5,9,12-16H2,1-3H3,(H,22,28)(H,23,24,25)/t19-/m1/s1. The van der Waals surface area contributed by atoms with Crippen molar-refractivity contribution in [1.29, 1.82) is 0 Å². The molecule has 0 saturated carbocycles. The molecule has 0 unspecified atom stereocenters. The van der Waals surface area contributed by atoms with Crippen molar-refractivity contribution in [3.05, 3.63) is 47.5 Å². The van der Waals surface area contributed by atoms with Crippen molar-refractivity contribution in [2.24, 2.45) is 0 Å². The molecule has 0 spiro atoms. The van der Waals surface area contributed by atoms with Gasteiger partial charge >= 0.3 is 0 Å². The van der Waals surface area contributed by atoms with Gasteiger partial charge in [0.25, 0.3) is 0 Å². The number of aromatic amines is 1. The summed E-state index contributed by atoms with van der Waals surface area (Å²) in [5.74, 6) is 0.734. The fourth-order valence-electron chi connectivity index (χ4n) is 3.25. The summed E-state index contributed by atoms with van der Waals surface area (Å²) in [5.41, 5.74) is 1.12. The highest BCUT2D eigenvalue weighted by atomic mass is 32.2. The van der Waals surface area contributed by atoms with Gasteiger partial charge in [0, 0.05) is 6.92 Å². The molecule has 10 heteroatoms. The van der Waals surface area contributed by atoms with Crippen LogP contribution in [0.3, 0.4) is 0 Å². The number of carbonyl (C=O) groups is 1. The highest BCUT2D eigenvalue weighted by Gasteiger charge is 2.23. The molecule has 172 valence electrons. The third-order valence-electron chi connectivity index (χ3n) is 5.04. The summed E-state index contributed by atoms with van der Waals surface area (Å²) >= 11 is 0. The predicted octanol–water partition coefficient (Wildman–Crippen LogP) is 1.77. The van der Waals surface area contributed by atoms with Gasteiger partial charge in [-0.15, -0.1) is 0 Å². The number of nitrogens with one attached hydrogen (secondary N) is 3. The molecule has 31 heavy (non-hydrogen) atoms. The van der Waals surface area contributed by atoms with E-state index in [1.807, 2.05) is 30.3 Å². The summed E-state index contributed by atoms with van der Waals surface area (Å²) in [4.78, 5) is 17.7. The van der Waals surface area contributed by atoms with Gasteiger partial charge in [0.15, 0.2) is 5.82 Å². The Morgan fingerprint density at radius 3 is 2.55 bits per heavy atom.